The van der Waals surface area contributed by atoms with Crippen LogP contribution in [0, 0.1) is 0 Å². The highest BCUT2D eigenvalue weighted by Gasteiger charge is 2.07. The molecule has 0 heterocycles. The van der Waals surface area contributed by atoms with E-state index in [0.717, 1.165) is 17.1 Å². The van der Waals surface area contributed by atoms with Crippen LogP contribution in [0.25, 0.3) is 0 Å². The molecule has 0 bridgehead atoms. The predicted octanol–water partition coefficient (Wildman–Crippen LogP) is 3.06. The molecule has 0 radical (unpaired) electrons. The Bertz CT molecular complexity index is 393. The number of rotatable bonds is 5. The molecular formula is C14H21NO2. The minimum absolute atomic E-state index is 0.00395. The van der Waals surface area contributed by atoms with E-state index in [1.54, 1.807) is 7.11 Å². The quantitative estimate of drug-likeness (QED) is 0.798. The van der Waals surface area contributed by atoms with Crippen LogP contribution in [0.2, 0.25) is 0 Å². The lowest BCUT2D eigenvalue weighted by Gasteiger charge is -2.12. The van der Waals surface area contributed by atoms with Gasteiger partial charge in [-0.1, -0.05) is 11.6 Å². The average Bonchev–Trinajstić information content (AvgIpc) is 2.28. The average molecular weight is 235 g/mol. The van der Waals surface area contributed by atoms with Crippen molar-refractivity contribution in [1.29, 1.82) is 0 Å². The second-order valence-electron chi connectivity index (χ2n) is 4.29. The van der Waals surface area contributed by atoms with Gasteiger partial charge in [0.1, 0.15) is 6.61 Å². The van der Waals surface area contributed by atoms with Gasteiger partial charge >= 0.3 is 0 Å². The van der Waals surface area contributed by atoms with E-state index in [1.165, 1.54) is 5.57 Å². The monoisotopic (exact) mass is 235 g/mol. The van der Waals surface area contributed by atoms with E-state index in [9.17, 15) is 0 Å². The molecular weight excluding hydrogens is 214 g/mol. The zero-order valence-electron chi connectivity index (χ0n) is 11.0. The number of allylic oxidation sites excluding steroid dienone is 1. The Balaban J connectivity index is 2.82. The summed E-state index contributed by atoms with van der Waals surface area (Å²) in [5.74, 6) is 1.47. The first-order valence-corrected chi connectivity index (χ1v) is 5.74. The van der Waals surface area contributed by atoms with E-state index in [1.807, 2.05) is 45.0 Å². The lowest BCUT2D eigenvalue weighted by Crippen LogP contribution is -2.05. The van der Waals surface area contributed by atoms with Crippen LogP contribution >= 0.6 is 0 Å². The first-order chi connectivity index (χ1) is 8.04. The molecule has 1 rings (SSSR count). The number of hydrogen-bond acceptors (Lipinski definition) is 3. The first-order valence-electron chi connectivity index (χ1n) is 5.74. The Kier molecular flexibility index (Phi) is 5.04. The van der Waals surface area contributed by atoms with E-state index in [-0.39, 0.29) is 6.04 Å². The van der Waals surface area contributed by atoms with Crippen LogP contribution in [0.1, 0.15) is 32.4 Å². The van der Waals surface area contributed by atoms with E-state index >= 15 is 0 Å². The van der Waals surface area contributed by atoms with Gasteiger partial charge in [0.15, 0.2) is 11.5 Å². The van der Waals surface area contributed by atoms with Gasteiger partial charge in [-0.15, -0.1) is 0 Å². The Morgan fingerprint density at radius 1 is 1.35 bits per heavy atom. The summed E-state index contributed by atoms with van der Waals surface area (Å²) >= 11 is 0. The molecule has 0 aliphatic carbocycles. The van der Waals surface area contributed by atoms with Crippen LogP contribution in [-0.4, -0.2) is 13.7 Å². The Hall–Kier alpha value is -1.48. The van der Waals surface area contributed by atoms with Gasteiger partial charge in [-0.2, -0.15) is 0 Å². The molecule has 0 aliphatic rings. The van der Waals surface area contributed by atoms with Crippen LogP contribution in [0.15, 0.2) is 29.8 Å². The summed E-state index contributed by atoms with van der Waals surface area (Å²) in [5, 5.41) is 0. The molecule has 0 unspecified atom stereocenters. The zero-order chi connectivity index (χ0) is 12.8. The van der Waals surface area contributed by atoms with E-state index in [4.69, 9.17) is 15.2 Å². The Labute approximate surface area is 103 Å². The molecule has 0 aromatic heterocycles. The molecule has 1 atom stereocenters. The molecule has 0 spiro atoms. The maximum Gasteiger partial charge on any atom is 0.161 e. The SMILES string of the molecule is COc1cc([C@@H](C)N)ccc1OCC=C(C)C. The summed E-state index contributed by atoms with van der Waals surface area (Å²) in [7, 11) is 1.63. The van der Waals surface area contributed by atoms with Crippen LogP contribution in [-0.2, 0) is 0 Å². The summed E-state index contributed by atoms with van der Waals surface area (Å²) in [4.78, 5) is 0. The largest absolute Gasteiger partial charge is 0.493 e. The fourth-order valence-corrected chi connectivity index (χ4v) is 1.38. The molecule has 94 valence electrons. The maximum atomic E-state index is 5.82. The van der Waals surface area contributed by atoms with Gasteiger partial charge in [-0.05, 0) is 44.5 Å². The standard InChI is InChI=1S/C14H21NO2/c1-10(2)7-8-17-13-6-5-12(11(3)15)9-14(13)16-4/h5-7,9,11H,8,15H2,1-4H3/t11-/m1/s1. The van der Waals surface area contributed by atoms with Crippen LogP contribution in [0.4, 0.5) is 0 Å². The molecule has 1 aromatic rings. The van der Waals surface area contributed by atoms with Gasteiger partial charge in [0.2, 0.25) is 0 Å². The van der Waals surface area contributed by atoms with Crippen molar-refractivity contribution in [1.82, 2.24) is 0 Å². The van der Waals surface area contributed by atoms with Crippen molar-refractivity contribution in [3.63, 3.8) is 0 Å². The molecule has 2 N–H and O–H groups in total. The van der Waals surface area contributed by atoms with Crippen molar-refractivity contribution in [2.75, 3.05) is 13.7 Å². The van der Waals surface area contributed by atoms with Crippen molar-refractivity contribution in [3.8, 4) is 11.5 Å². The zero-order valence-corrected chi connectivity index (χ0v) is 11.0. The maximum absolute atomic E-state index is 5.82. The molecule has 0 saturated heterocycles. The molecule has 1 aromatic carbocycles. The molecule has 0 aliphatic heterocycles. The van der Waals surface area contributed by atoms with Crippen LogP contribution < -0.4 is 15.2 Å². The minimum Gasteiger partial charge on any atom is -0.493 e. The Morgan fingerprint density at radius 2 is 2.06 bits per heavy atom. The fraction of sp³-hybridized carbons (Fsp3) is 0.429. The van der Waals surface area contributed by atoms with Crippen molar-refractivity contribution >= 4 is 0 Å². The third-order valence-corrected chi connectivity index (χ3v) is 2.44. The fourth-order valence-electron chi connectivity index (χ4n) is 1.38. The topological polar surface area (TPSA) is 44.5 Å². The third kappa shape index (κ3) is 4.11. The van der Waals surface area contributed by atoms with Crippen molar-refractivity contribution in [3.05, 3.63) is 35.4 Å². The highest BCUT2D eigenvalue weighted by atomic mass is 16.5. The van der Waals surface area contributed by atoms with Crippen LogP contribution in [0.3, 0.4) is 0 Å². The van der Waals surface area contributed by atoms with E-state index in [0.29, 0.717) is 6.61 Å². The second-order valence-corrected chi connectivity index (χ2v) is 4.29. The van der Waals surface area contributed by atoms with Crippen molar-refractivity contribution < 1.29 is 9.47 Å². The molecule has 17 heavy (non-hydrogen) atoms. The summed E-state index contributed by atoms with van der Waals surface area (Å²) in [6.07, 6.45) is 2.03. The van der Waals surface area contributed by atoms with E-state index < -0.39 is 0 Å². The summed E-state index contributed by atoms with van der Waals surface area (Å²) in [6.45, 7) is 6.58. The van der Waals surface area contributed by atoms with Gasteiger partial charge in [0.05, 0.1) is 7.11 Å². The van der Waals surface area contributed by atoms with Crippen molar-refractivity contribution in [2.45, 2.75) is 26.8 Å². The van der Waals surface area contributed by atoms with Gasteiger partial charge in [-0.3, -0.25) is 0 Å². The predicted molar refractivity (Wildman–Crippen MR) is 70.5 cm³/mol. The second kappa shape index (κ2) is 6.30. The molecule has 3 nitrogen and oxygen atoms in total. The van der Waals surface area contributed by atoms with Crippen molar-refractivity contribution in [2.24, 2.45) is 5.73 Å². The number of benzene rings is 1. The lowest BCUT2D eigenvalue weighted by atomic mass is 10.1. The number of hydrogen-bond donors (Lipinski definition) is 1. The molecule has 0 amide bonds. The molecule has 0 fully saturated rings. The van der Waals surface area contributed by atoms with Gasteiger partial charge < -0.3 is 15.2 Å². The highest BCUT2D eigenvalue weighted by Crippen LogP contribution is 2.29. The first kappa shape index (κ1) is 13.6. The minimum atomic E-state index is -0.00395. The van der Waals surface area contributed by atoms with E-state index in [2.05, 4.69) is 0 Å². The summed E-state index contributed by atoms with van der Waals surface area (Å²) in [5.41, 5.74) is 8.09. The molecule has 3 heteroatoms. The van der Waals surface area contributed by atoms with Gasteiger partial charge in [0, 0.05) is 6.04 Å². The summed E-state index contributed by atoms with van der Waals surface area (Å²) in [6, 6.07) is 5.78. The van der Waals surface area contributed by atoms with Gasteiger partial charge in [-0.25, -0.2) is 0 Å². The normalized spacial score (nSPS) is 11.8. The number of methoxy groups -OCH3 is 1. The lowest BCUT2D eigenvalue weighted by molar-refractivity contribution is 0.325. The Morgan fingerprint density at radius 3 is 2.59 bits per heavy atom. The van der Waals surface area contributed by atoms with Crippen LogP contribution in [0.5, 0.6) is 11.5 Å². The summed E-state index contributed by atoms with van der Waals surface area (Å²) < 4.78 is 10.9. The number of ether oxygens (including phenoxy) is 2. The highest BCUT2D eigenvalue weighted by molar-refractivity contribution is 5.43. The molecule has 0 saturated carbocycles. The smallest absolute Gasteiger partial charge is 0.161 e. The third-order valence-electron chi connectivity index (χ3n) is 2.44. The number of nitrogens with two attached hydrogens (primary N) is 1. The van der Waals surface area contributed by atoms with Gasteiger partial charge in [0.25, 0.3) is 0 Å².